The van der Waals surface area contributed by atoms with Crippen molar-refractivity contribution in [3.63, 3.8) is 0 Å². The molecule has 1 aliphatic carbocycles. The second kappa shape index (κ2) is 7.47. The van der Waals surface area contributed by atoms with Crippen molar-refractivity contribution >= 4 is 23.2 Å². The van der Waals surface area contributed by atoms with Crippen molar-refractivity contribution in [2.24, 2.45) is 5.92 Å². The van der Waals surface area contributed by atoms with Crippen molar-refractivity contribution in [3.05, 3.63) is 57.8 Å². The smallest absolute Gasteiger partial charge is 0.243 e. The highest BCUT2D eigenvalue weighted by Crippen LogP contribution is 2.38. The Hall–Kier alpha value is -2.14. The van der Waals surface area contributed by atoms with Gasteiger partial charge in [0.1, 0.15) is 6.54 Å². The molecule has 2 heterocycles. The third-order valence-corrected chi connectivity index (χ3v) is 6.47. The van der Waals surface area contributed by atoms with Crippen LogP contribution in [0, 0.1) is 5.92 Å². The summed E-state index contributed by atoms with van der Waals surface area (Å²) in [7, 11) is 0. The van der Waals surface area contributed by atoms with Gasteiger partial charge in [-0.25, -0.2) is 0 Å². The summed E-state index contributed by atoms with van der Waals surface area (Å²) in [5.41, 5.74) is 2.37. The number of rotatable bonds is 5. The van der Waals surface area contributed by atoms with Gasteiger partial charge in [-0.1, -0.05) is 44.2 Å². The lowest BCUT2D eigenvalue weighted by Gasteiger charge is -2.38. The van der Waals surface area contributed by atoms with Crippen molar-refractivity contribution in [2.45, 2.75) is 45.2 Å². The van der Waals surface area contributed by atoms with E-state index >= 15 is 0 Å². The van der Waals surface area contributed by atoms with E-state index in [1.165, 1.54) is 10.4 Å². The van der Waals surface area contributed by atoms with Crippen LogP contribution in [0.4, 0.5) is 0 Å². The Labute approximate surface area is 164 Å². The van der Waals surface area contributed by atoms with Crippen LogP contribution < -0.4 is 0 Å². The lowest BCUT2D eigenvalue weighted by molar-refractivity contribution is -0.144. The Morgan fingerprint density at radius 1 is 1.19 bits per heavy atom. The van der Waals surface area contributed by atoms with Gasteiger partial charge in [0, 0.05) is 23.4 Å². The zero-order chi connectivity index (χ0) is 19.0. The van der Waals surface area contributed by atoms with Crippen molar-refractivity contribution < 1.29 is 9.59 Å². The van der Waals surface area contributed by atoms with Gasteiger partial charge in [-0.15, -0.1) is 11.3 Å². The quantitative estimate of drug-likeness (QED) is 0.788. The first-order valence-corrected chi connectivity index (χ1v) is 10.7. The van der Waals surface area contributed by atoms with Gasteiger partial charge in [-0.2, -0.15) is 0 Å². The fourth-order valence-corrected chi connectivity index (χ4v) is 4.83. The van der Waals surface area contributed by atoms with E-state index in [9.17, 15) is 9.59 Å². The first-order chi connectivity index (χ1) is 13.1. The van der Waals surface area contributed by atoms with Gasteiger partial charge in [-0.05, 0) is 41.8 Å². The Morgan fingerprint density at radius 2 is 1.93 bits per heavy atom. The molecule has 0 radical (unpaired) electrons. The van der Waals surface area contributed by atoms with E-state index in [0.717, 1.165) is 24.8 Å². The first kappa shape index (κ1) is 18.2. The maximum atomic E-state index is 13.3. The summed E-state index contributed by atoms with van der Waals surface area (Å²) in [6.07, 6.45) is 2.93. The van der Waals surface area contributed by atoms with Crippen LogP contribution in [0.2, 0.25) is 0 Å². The number of hydrogen-bond donors (Lipinski definition) is 0. The maximum absolute atomic E-state index is 13.3. The van der Waals surface area contributed by atoms with Crippen LogP contribution in [0.5, 0.6) is 0 Å². The average Bonchev–Trinajstić information content (AvgIpc) is 3.41. The molecule has 2 aromatic rings. The number of hydrogen-bond acceptors (Lipinski definition) is 3. The lowest BCUT2D eigenvalue weighted by atomic mass is 9.93. The van der Waals surface area contributed by atoms with Crippen LogP contribution in [0.25, 0.3) is 0 Å². The van der Waals surface area contributed by atoms with Crippen molar-refractivity contribution in [1.29, 1.82) is 0 Å². The van der Waals surface area contributed by atoms with Crippen LogP contribution in [0.3, 0.4) is 0 Å². The molecule has 1 aliphatic heterocycles. The summed E-state index contributed by atoms with van der Waals surface area (Å²) in [4.78, 5) is 31.1. The summed E-state index contributed by atoms with van der Waals surface area (Å²) in [6.45, 7) is 4.73. The molecular weight excluding hydrogens is 356 g/mol. The van der Waals surface area contributed by atoms with E-state index in [1.807, 2.05) is 41.8 Å². The Bertz CT molecular complexity index is 826. The molecule has 0 bridgehead atoms. The first-order valence-electron chi connectivity index (χ1n) is 9.77. The van der Waals surface area contributed by atoms with Gasteiger partial charge in [0.2, 0.25) is 11.8 Å². The molecule has 1 fully saturated rings. The highest BCUT2D eigenvalue weighted by atomic mass is 32.1. The highest BCUT2D eigenvalue weighted by Gasteiger charge is 2.38. The van der Waals surface area contributed by atoms with Crippen LogP contribution in [-0.4, -0.2) is 40.7 Å². The molecule has 0 spiro atoms. The van der Waals surface area contributed by atoms with E-state index in [-0.39, 0.29) is 36.4 Å². The van der Waals surface area contributed by atoms with Gasteiger partial charge in [0.25, 0.3) is 0 Å². The SMILES string of the molecule is CC(C)C(=O)N(CC(=O)N1CCc2sccc2[C@@H]1c1ccccc1)C1CC1. The topological polar surface area (TPSA) is 40.6 Å². The Balaban J connectivity index is 1.61. The largest absolute Gasteiger partial charge is 0.330 e. The molecule has 2 amide bonds. The lowest BCUT2D eigenvalue weighted by Crippen LogP contribution is -2.48. The zero-order valence-electron chi connectivity index (χ0n) is 15.9. The minimum atomic E-state index is -0.0758. The van der Waals surface area contributed by atoms with Crippen LogP contribution in [0.1, 0.15) is 48.7 Å². The molecule has 142 valence electrons. The number of fused-ring (bicyclic) bond motifs is 1. The van der Waals surface area contributed by atoms with E-state index in [2.05, 4.69) is 23.6 Å². The molecule has 1 aromatic heterocycles. The Kier molecular flexibility index (Phi) is 5.04. The van der Waals surface area contributed by atoms with E-state index < -0.39 is 0 Å². The van der Waals surface area contributed by atoms with E-state index in [0.29, 0.717) is 6.54 Å². The molecule has 2 aliphatic rings. The Morgan fingerprint density at radius 3 is 2.59 bits per heavy atom. The molecule has 27 heavy (non-hydrogen) atoms. The van der Waals surface area contributed by atoms with Crippen molar-refractivity contribution in [2.75, 3.05) is 13.1 Å². The predicted octanol–water partition coefficient (Wildman–Crippen LogP) is 3.87. The normalized spacial score (nSPS) is 19.1. The third-order valence-electron chi connectivity index (χ3n) is 5.47. The number of benzene rings is 1. The molecule has 0 N–H and O–H groups in total. The summed E-state index contributed by atoms with van der Waals surface area (Å²) in [5.74, 6) is 0.0742. The average molecular weight is 383 g/mol. The number of carbonyl (C=O) groups is 2. The van der Waals surface area contributed by atoms with E-state index in [4.69, 9.17) is 0 Å². The highest BCUT2D eigenvalue weighted by molar-refractivity contribution is 7.10. The number of thiophene rings is 1. The number of amides is 2. The van der Waals surface area contributed by atoms with Crippen molar-refractivity contribution in [3.8, 4) is 0 Å². The molecular formula is C22H26N2O2S. The van der Waals surface area contributed by atoms with Crippen LogP contribution >= 0.6 is 11.3 Å². The number of nitrogens with zero attached hydrogens (tertiary/aromatic N) is 2. The monoisotopic (exact) mass is 382 g/mol. The molecule has 1 aromatic carbocycles. The minimum Gasteiger partial charge on any atom is -0.330 e. The van der Waals surface area contributed by atoms with Gasteiger partial charge >= 0.3 is 0 Å². The predicted molar refractivity (Wildman–Crippen MR) is 108 cm³/mol. The number of carbonyl (C=O) groups excluding carboxylic acids is 2. The maximum Gasteiger partial charge on any atom is 0.243 e. The fraction of sp³-hybridized carbons (Fsp3) is 0.455. The van der Waals surface area contributed by atoms with Gasteiger partial charge < -0.3 is 9.80 Å². The molecule has 1 saturated carbocycles. The van der Waals surface area contributed by atoms with Crippen molar-refractivity contribution in [1.82, 2.24) is 9.80 Å². The summed E-state index contributed by atoms with van der Waals surface area (Å²) in [6, 6.07) is 12.6. The van der Waals surface area contributed by atoms with Crippen LogP contribution in [0.15, 0.2) is 41.8 Å². The molecule has 5 heteroatoms. The van der Waals surface area contributed by atoms with Crippen LogP contribution in [-0.2, 0) is 16.0 Å². The summed E-state index contributed by atoms with van der Waals surface area (Å²) < 4.78 is 0. The molecule has 1 atom stereocenters. The van der Waals surface area contributed by atoms with E-state index in [1.54, 1.807) is 11.3 Å². The van der Waals surface area contributed by atoms with Gasteiger partial charge in [-0.3, -0.25) is 9.59 Å². The summed E-state index contributed by atoms with van der Waals surface area (Å²) in [5, 5.41) is 2.12. The summed E-state index contributed by atoms with van der Waals surface area (Å²) >= 11 is 1.77. The van der Waals surface area contributed by atoms with Gasteiger partial charge in [0.15, 0.2) is 0 Å². The standard InChI is InChI=1S/C22H26N2O2S/c1-15(2)22(26)24(17-8-9-17)14-20(25)23-12-10-19-18(11-13-27-19)21(23)16-6-4-3-5-7-16/h3-7,11,13,15,17,21H,8-10,12,14H2,1-2H3/t21-/m0/s1. The second-order valence-electron chi connectivity index (χ2n) is 7.80. The molecule has 4 rings (SSSR count). The fourth-order valence-electron chi connectivity index (χ4n) is 3.92. The molecule has 0 unspecified atom stereocenters. The zero-order valence-corrected chi connectivity index (χ0v) is 16.7. The third kappa shape index (κ3) is 3.65. The molecule has 0 saturated heterocycles. The minimum absolute atomic E-state index is 0.0519. The molecule has 4 nitrogen and oxygen atoms in total. The van der Waals surface area contributed by atoms with Gasteiger partial charge in [0.05, 0.1) is 6.04 Å². The second-order valence-corrected chi connectivity index (χ2v) is 8.80.